The van der Waals surface area contributed by atoms with Crippen LogP contribution in [0.25, 0.3) is 11.0 Å². The third kappa shape index (κ3) is 1.69. The molecule has 8 nitrogen and oxygen atoms in total. The number of nitro groups is 1. The fourth-order valence-corrected chi connectivity index (χ4v) is 1.55. The van der Waals surface area contributed by atoms with Gasteiger partial charge in [-0.3, -0.25) is 10.1 Å². The molecular formula is C9H8N4O4. The van der Waals surface area contributed by atoms with Crippen LogP contribution in [0.3, 0.4) is 0 Å². The van der Waals surface area contributed by atoms with Crippen LogP contribution in [0, 0.1) is 10.1 Å². The molecule has 1 heterocycles. The zero-order valence-corrected chi connectivity index (χ0v) is 9.08. The van der Waals surface area contributed by atoms with E-state index in [0.29, 0.717) is 0 Å². The minimum atomic E-state index is -0.652. The van der Waals surface area contributed by atoms with Crippen LogP contribution < -0.4 is 0 Å². The lowest BCUT2D eigenvalue weighted by Crippen LogP contribution is -2.03. The minimum absolute atomic E-state index is 0.0761. The van der Waals surface area contributed by atoms with Crippen LogP contribution in [0.15, 0.2) is 12.1 Å². The van der Waals surface area contributed by atoms with Crippen molar-refractivity contribution in [2.24, 2.45) is 7.05 Å². The molecular weight excluding hydrogens is 228 g/mol. The number of hydrogen-bond donors (Lipinski definition) is 0. The molecule has 0 saturated carbocycles. The lowest BCUT2D eigenvalue weighted by Gasteiger charge is -2.00. The van der Waals surface area contributed by atoms with Crippen molar-refractivity contribution in [1.29, 1.82) is 0 Å². The van der Waals surface area contributed by atoms with E-state index in [9.17, 15) is 14.9 Å². The highest BCUT2D eigenvalue weighted by Crippen LogP contribution is 2.25. The van der Waals surface area contributed by atoms with Gasteiger partial charge in [0.25, 0.3) is 5.69 Å². The van der Waals surface area contributed by atoms with Crippen molar-refractivity contribution in [3.8, 4) is 0 Å². The van der Waals surface area contributed by atoms with Crippen LogP contribution in [0.5, 0.6) is 0 Å². The number of non-ortho nitro benzene ring substituents is 1. The van der Waals surface area contributed by atoms with E-state index >= 15 is 0 Å². The number of carbonyl (C=O) groups is 1. The van der Waals surface area contributed by atoms with Gasteiger partial charge >= 0.3 is 5.97 Å². The first-order valence-electron chi connectivity index (χ1n) is 4.60. The Bertz CT molecular complexity index is 619. The monoisotopic (exact) mass is 236 g/mol. The molecule has 1 aromatic carbocycles. The van der Waals surface area contributed by atoms with Gasteiger partial charge in [-0.05, 0) is 6.07 Å². The zero-order valence-electron chi connectivity index (χ0n) is 9.08. The lowest BCUT2D eigenvalue weighted by molar-refractivity contribution is -0.383. The molecule has 0 aliphatic rings. The summed E-state index contributed by atoms with van der Waals surface area (Å²) in [5.41, 5.74) is 0.396. The van der Waals surface area contributed by atoms with Crippen LogP contribution in [0.1, 0.15) is 10.4 Å². The summed E-state index contributed by atoms with van der Waals surface area (Å²) < 4.78 is 5.80. The van der Waals surface area contributed by atoms with Gasteiger partial charge in [-0.2, -0.15) is 0 Å². The van der Waals surface area contributed by atoms with E-state index in [4.69, 9.17) is 0 Å². The Morgan fingerprint density at radius 1 is 1.53 bits per heavy atom. The van der Waals surface area contributed by atoms with Crippen LogP contribution in [0.4, 0.5) is 5.69 Å². The van der Waals surface area contributed by atoms with E-state index in [0.717, 1.165) is 6.07 Å². The third-order valence-electron chi connectivity index (χ3n) is 2.30. The van der Waals surface area contributed by atoms with Gasteiger partial charge in [0.05, 0.1) is 17.6 Å². The highest BCUT2D eigenvalue weighted by Gasteiger charge is 2.21. The van der Waals surface area contributed by atoms with Gasteiger partial charge in [-0.15, -0.1) is 5.10 Å². The average molecular weight is 236 g/mol. The number of hydrogen-bond acceptors (Lipinski definition) is 6. The van der Waals surface area contributed by atoms with Crippen LogP contribution >= 0.6 is 0 Å². The topological polar surface area (TPSA) is 100 Å². The Morgan fingerprint density at radius 2 is 2.24 bits per heavy atom. The number of aryl methyl sites for hydroxylation is 1. The van der Waals surface area contributed by atoms with E-state index in [1.807, 2.05) is 0 Å². The summed E-state index contributed by atoms with van der Waals surface area (Å²) in [5, 5.41) is 18.3. The van der Waals surface area contributed by atoms with Gasteiger partial charge < -0.3 is 4.74 Å². The van der Waals surface area contributed by atoms with Crippen molar-refractivity contribution in [2.75, 3.05) is 7.11 Å². The Kier molecular flexibility index (Phi) is 2.47. The highest BCUT2D eigenvalue weighted by atomic mass is 16.6. The zero-order chi connectivity index (χ0) is 12.6. The summed E-state index contributed by atoms with van der Waals surface area (Å²) in [7, 11) is 2.75. The fraction of sp³-hybridized carbons (Fsp3) is 0.222. The molecule has 0 fully saturated rings. The fourth-order valence-electron chi connectivity index (χ4n) is 1.55. The van der Waals surface area contributed by atoms with Crippen molar-refractivity contribution in [3.63, 3.8) is 0 Å². The van der Waals surface area contributed by atoms with Gasteiger partial charge in [0, 0.05) is 13.1 Å². The van der Waals surface area contributed by atoms with Crippen LogP contribution in [-0.2, 0) is 11.8 Å². The molecule has 0 bridgehead atoms. The number of nitro benzene ring substituents is 1. The minimum Gasteiger partial charge on any atom is -0.465 e. The summed E-state index contributed by atoms with van der Waals surface area (Å²) in [6, 6.07) is 2.55. The SMILES string of the molecule is COC(=O)c1cc([N+](=O)[O-])c2c(c1)nnn2C. The molecule has 0 saturated heterocycles. The third-order valence-corrected chi connectivity index (χ3v) is 2.30. The van der Waals surface area contributed by atoms with Crippen molar-refractivity contribution >= 4 is 22.7 Å². The quantitative estimate of drug-likeness (QED) is 0.431. The first-order chi connectivity index (χ1) is 8.04. The summed E-state index contributed by atoms with van der Waals surface area (Å²) in [6.45, 7) is 0. The number of carbonyl (C=O) groups excluding carboxylic acids is 1. The van der Waals surface area contributed by atoms with Crippen molar-refractivity contribution in [2.45, 2.75) is 0 Å². The smallest absolute Gasteiger partial charge is 0.338 e. The summed E-state index contributed by atoms with van der Waals surface area (Å²) in [4.78, 5) is 21.7. The number of ether oxygens (including phenoxy) is 1. The van der Waals surface area contributed by atoms with E-state index in [1.54, 1.807) is 7.05 Å². The number of esters is 1. The molecule has 2 rings (SSSR count). The summed E-state index contributed by atoms with van der Waals surface area (Å²) >= 11 is 0. The summed E-state index contributed by atoms with van der Waals surface area (Å²) in [6.07, 6.45) is 0. The second kappa shape index (κ2) is 3.81. The molecule has 88 valence electrons. The van der Waals surface area contributed by atoms with Gasteiger partial charge in [-0.25, -0.2) is 9.48 Å². The van der Waals surface area contributed by atoms with Gasteiger partial charge in [0.15, 0.2) is 5.52 Å². The normalized spacial score (nSPS) is 10.5. The Hall–Kier alpha value is -2.51. The maximum Gasteiger partial charge on any atom is 0.338 e. The maximum atomic E-state index is 11.3. The number of benzene rings is 1. The van der Waals surface area contributed by atoms with Crippen LogP contribution in [-0.4, -0.2) is 33.0 Å². The standard InChI is InChI=1S/C9H8N4O4/c1-12-8-6(10-11-12)3-5(9(14)17-2)4-7(8)13(15)16/h3-4H,1-2H3. The second-order valence-corrected chi connectivity index (χ2v) is 3.32. The molecule has 0 amide bonds. The summed E-state index contributed by atoms with van der Waals surface area (Å²) in [5.74, 6) is -0.652. The van der Waals surface area contributed by atoms with Gasteiger partial charge in [-0.1, -0.05) is 5.21 Å². The predicted molar refractivity (Wildman–Crippen MR) is 56.5 cm³/mol. The van der Waals surface area contributed by atoms with E-state index in [1.165, 1.54) is 17.9 Å². The number of fused-ring (bicyclic) bond motifs is 1. The number of nitrogens with zero attached hydrogens (tertiary/aromatic N) is 4. The molecule has 2 aromatic rings. The molecule has 0 N–H and O–H groups in total. The molecule has 0 unspecified atom stereocenters. The molecule has 0 atom stereocenters. The number of rotatable bonds is 2. The predicted octanol–water partition coefficient (Wildman–Crippen LogP) is 0.663. The Balaban J connectivity index is 2.77. The lowest BCUT2D eigenvalue weighted by atomic mass is 10.1. The average Bonchev–Trinajstić information content (AvgIpc) is 2.69. The van der Waals surface area contributed by atoms with E-state index < -0.39 is 10.9 Å². The molecule has 8 heteroatoms. The maximum absolute atomic E-state index is 11.3. The molecule has 0 spiro atoms. The highest BCUT2D eigenvalue weighted by molar-refractivity contribution is 5.97. The van der Waals surface area contributed by atoms with Crippen molar-refractivity contribution < 1.29 is 14.5 Å². The largest absolute Gasteiger partial charge is 0.465 e. The Morgan fingerprint density at radius 3 is 2.82 bits per heavy atom. The van der Waals surface area contributed by atoms with E-state index in [2.05, 4.69) is 15.0 Å². The van der Waals surface area contributed by atoms with Crippen molar-refractivity contribution in [1.82, 2.24) is 15.0 Å². The first kappa shape index (κ1) is 11.0. The van der Waals surface area contributed by atoms with Gasteiger partial charge in [0.2, 0.25) is 0 Å². The molecule has 0 aliphatic carbocycles. The first-order valence-corrected chi connectivity index (χ1v) is 4.60. The molecule has 17 heavy (non-hydrogen) atoms. The second-order valence-electron chi connectivity index (χ2n) is 3.32. The number of methoxy groups -OCH3 is 1. The number of aromatic nitrogens is 3. The van der Waals surface area contributed by atoms with Gasteiger partial charge in [0.1, 0.15) is 5.52 Å². The van der Waals surface area contributed by atoms with E-state index in [-0.39, 0.29) is 22.3 Å². The molecule has 0 radical (unpaired) electrons. The van der Waals surface area contributed by atoms with Crippen LogP contribution in [0.2, 0.25) is 0 Å². The Labute approximate surface area is 94.9 Å². The van der Waals surface area contributed by atoms with Crippen molar-refractivity contribution in [3.05, 3.63) is 27.8 Å². The molecule has 1 aromatic heterocycles. The molecule has 0 aliphatic heterocycles.